The summed E-state index contributed by atoms with van der Waals surface area (Å²) in [5.74, 6) is 1.38. The van der Waals surface area contributed by atoms with Crippen LogP contribution in [-0.2, 0) is 0 Å². The fraction of sp³-hybridized carbons (Fsp3) is 1.00. The molecule has 0 spiro atoms. The first-order valence-electron chi connectivity index (χ1n) is 4.69. The third-order valence-electron chi connectivity index (χ3n) is 2.80. The predicted octanol–water partition coefficient (Wildman–Crippen LogP) is 2.15. The number of thioether (sulfide) groups is 1. The predicted molar refractivity (Wildman–Crippen MR) is 50.9 cm³/mol. The average Bonchev–Trinajstić information content (AvgIpc) is 2.70. The van der Waals surface area contributed by atoms with Gasteiger partial charge < -0.3 is 5.73 Å². The molecule has 2 fully saturated rings. The van der Waals surface area contributed by atoms with Crippen molar-refractivity contribution in [3.8, 4) is 0 Å². The van der Waals surface area contributed by atoms with Crippen LogP contribution in [0.15, 0.2) is 0 Å². The SMILES string of the molecule is NC1(CC2CCCCS2)CC1. The molecule has 64 valence electrons. The Morgan fingerprint density at radius 2 is 2.18 bits per heavy atom. The first-order chi connectivity index (χ1) is 5.29. The molecule has 2 rings (SSSR count). The molecule has 0 amide bonds. The lowest BCUT2D eigenvalue weighted by atomic mass is 10.1. The number of hydrogen-bond acceptors (Lipinski definition) is 2. The van der Waals surface area contributed by atoms with E-state index in [9.17, 15) is 0 Å². The van der Waals surface area contributed by atoms with Crippen molar-refractivity contribution < 1.29 is 0 Å². The Morgan fingerprint density at radius 3 is 2.73 bits per heavy atom. The van der Waals surface area contributed by atoms with E-state index >= 15 is 0 Å². The van der Waals surface area contributed by atoms with Gasteiger partial charge in [-0.05, 0) is 37.9 Å². The summed E-state index contributed by atoms with van der Waals surface area (Å²) in [6, 6.07) is 0. The average molecular weight is 171 g/mol. The van der Waals surface area contributed by atoms with Gasteiger partial charge in [0.05, 0.1) is 0 Å². The lowest BCUT2D eigenvalue weighted by Crippen LogP contribution is -2.27. The van der Waals surface area contributed by atoms with Gasteiger partial charge in [0.15, 0.2) is 0 Å². The fourth-order valence-electron chi connectivity index (χ4n) is 1.79. The summed E-state index contributed by atoms with van der Waals surface area (Å²) in [5, 5.41) is 0.899. The van der Waals surface area contributed by atoms with Crippen molar-refractivity contribution in [3.05, 3.63) is 0 Å². The van der Waals surface area contributed by atoms with Crippen molar-refractivity contribution in [3.63, 3.8) is 0 Å². The van der Waals surface area contributed by atoms with Crippen molar-refractivity contribution >= 4 is 11.8 Å². The van der Waals surface area contributed by atoms with Crippen LogP contribution in [0, 0.1) is 0 Å². The largest absolute Gasteiger partial charge is 0.325 e. The second-order valence-corrected chi connectivity index (χ2v) is 5.46. The lowest BCUT2D eigenvalue weighted by molar-refractivity contribution is 0.543. The van der Waals surface area contributed by atoms with Gasteiger partial charge in [-0.25, -0.2) is 0 Å². The molecule has 1 unspecified atom stereocenters. The van der Waals surface area contributed by atoms with Crippen molar-refractivity contribution in [2.24, 2.45) is 5.73 Å². The Hall–Kier alpha value is 0.310. The van der Waals surface area contributed by atoms with Crippen molar-refractivity contribution in [1.82, 2.24) is 0 Å². The van der Waals surface area contributed by atoms with E-state index in [4.69, 9.17) is 5.73 Å². The van der Waals surface area contributed by atoms with E-state index in [0.29, 0.717) is 0 Å². The molecule has 1 atom stereocenters. The summed E-state index contributed by atoms with van der Waals surface area (Å²) in [5.41, 5.74) is 6.35. The maximum absolute atomic E-state index is 6.06. The number of hydrogen-bond donors (Lipinski definition) is 1. The van der Waals surface area contributed by atoms with Crippen LogP contribution in [0.3, 0.4) is 0 Å². The van der Waals surface area contributed by atoms with E-state index in [0.717, 1.165) is 5.25 Å². The minimum atomic E-state index is 0.287. The van der Waals surface area contributed by atoms with Gasteiger partial charge in [0.25, 0.3) is 0 Å². The molecule has 2 heteroatoms. The van der Waals surface area contributed by atoms with Crippen LogP contribution in [0.5, 0.6) is 0 Å². The summed E-state index contributed by atoms with van der Waals surface area (Å²) < 4.78 is 0. The smallest absolute Gasteiger partial charge is 0.0166 e. The third-order valence-corrected chi connectivity index (χ3v) is 4.20. The molecule has 11 heavy (non-hydrogen) atoms. The molecular weight excluding hydrogens is 154 g/mol. The van der Waals surface area contributed by atoms with Gasteiger partial charge >= 0.3 is 0 Å². The van der Waals surface area contributed by atoms with Gasteiger partial charge in [-0.15, -0.1) is 0 Å². The van der Waals surface area contributed by atoms with Gasteiger partial charge in [0.1, 0.15) is 0 Å². The molecule has 1 nitrogen and oxygen atoms in total. The van der Waals surface area contributed by atoms with Crippen LogP contribution in [0.4, 0.5) is 0 Å². The number of nitrogens with two attached hydrogens (primary N) is 1. The highest BCUT2D eigenvalue weighted by molar-refractivity contribution is 7.99. The molecule has 2 aliphatic rings. The van der Waals surface area contributed by atoms with Gasteiger partial charge in [-0.1, -0.05) is 6.42 Å². The molecule has 1 aliphatic carbocycles. The topological polar surface area (TPSA) is 26.0 Å². The normalized spacial score (nSPS) is 35.2. The highest BCUT2D eigenvalue weighted by Gasteiger charge is 2.40. The zero-order valence-electron chi connectivity index (χ0n) is 7.01. The van der Waals surface area contributed by atoms with Crippen molar-refractivity contribution in [2.45, 2.75) is 49.3 Å². The van der Waals surface area contributed by atoms with Gasteiger partial charge in [0, 0.05) is 10.8 Å². The standard InChI is InChI=1S/C9H17NS/c10-9(4-5-9)7-8-3-1-2-6-11-8/h8H,1-7,10H2. The zero-order valence-corrected chi connectivity index (χ0v) is 7.83. The summed E-state index contributed by atoms with van der Waals surface area (Å²) >= 11 is 2.15. The Balaban J connectivity index is 1.76. The maximum Gasteiger partial charge on any atom is 0.0166 e. The highest BCUT2D eigenvalue weighted by Crippen LogP contribution is 2.41. The van der Waals surface area contributed by atoms with Crippen LogP contribution >= 0.6 is 11.8 Å². The summed E-state index contributed by atoms with van der Waals surface area (Å²) in [6.45, 7) is 0. The van der Waals surface area contributed by atoms with E-state index in [2.05, 4.69) is 11.8 Å². The first-order valence-corrected chi connectivity index (χ1v) is 5.74. The van der Waals surface area contributed by atoms with Crippen molar-refractivity contribution in [1.29, 1.82) is 0 Å². The second kappa shape index (κ2) is 2.98. The highest BCUT2D eigenvalue weighted by atomic mass is 32.2. The van der Waals surface area contributed by atoms with Crippen LogP contribution in [0.2, 0.25) is 0 Å². The minimum Gasteiger partial charge on any atom is -0.325 e. The quantitative estimate of drug-likeness (QED) is 0.689. The van der Waals surface area contributed by atoms with E-state index in [1.807, 2.05) is 0 Å². The molecule has 0 radical (unpaired) electrons. The molecule has 2 N–H and O–H groups in total. The molecule has 1 saturated carbocycles. The van der Waals surface area contributed by atoms with Crippen LogP contribution in [0.25, 0.3) is 0 Å². The van der Waals surface area contributed by atoms with E-state index in [1.165, 1.54) is 44.3 Å². The molecule has 1 aliphatic heterocycles. The third kappa shape index (κ3) is 2.12. The van der Waals surface area contributed by atoms with E-state index in [-0.39, 0.29) is 5.54 Å². The minimum absolute atomic E-state index is 0.287. The summed E-state index contributed by atoms with van der Waals surface area (Å²) in [7, 11) is 0. The molecule has 1 heterocycles. The summed E-state index contributed by atoms with van der Waals surface area (Å²) in [6.07, 6.45) is 8.14. The Kier molecular flexibility index (Phi) is 2.15. The fourth-order valence-corrected chi connectivity index (χ4v) is 3.27. The Morgan fingerprint density at radius 1 is 1.36 bits per heavy atom. The first kappa shape index (κ1) is 7.93. The van der Waals surface area contributed by atoms with Crippen LogP contribution < -0.4 is 5.73 Å². The van der Waals surface area contributed by atoms with Crippen LogP contribution in [0.1, 0.15) is 38.5 Å². The molecule has 0 aromatic heterocycles. The Bertz CT molecular complexity index is 136. The Labute approximate surface area is 73.1 Å². The monoisotopic (exact) mass is 171 g/mol. The maximum atomic E-state index is 6.06. The molecular formula is C9H17NS. The summed E-state index contributed by atoms with van der Waals surface area (Å²) in [4.78, 5) is 0. The van der Waals surface area contributed by atoms with E-state index in [1.54, 1.807) is 0 Å². The van der Waals surface area contributed by atoms with Gasteiger partial charge in [-0.2, -0.15) is 11.8 Å². The number of rotatable bonds is 2. The van der Waals surface area contributed by atoms with Crippen molar-refractivity contribution in [2.75, 3.05) is 5.75 Å². The van der Waals surface area contributed by atoms with Crippen LogP contribution in [-0.4, -0.2) is 16.5 Å². The zero-order chi connectivity index (χ0) is 7.73. The van der Waals surface area contributed by atoms with Gasteiger partial charge in [0.2, 0.25) is 0 Å². The van der Waals surface area contributed by atoms with E-state index < -0.39 is 0 Å². The lowest BCUT2D eigenvalue weighted by Gasteiger charge is -2.23. The molecule has 0 aromatic carbocycles. The molecule has 1 saturated heterocycles. The molecule has 0 aromatic rings. The second-order valence-electron chi connectivity index (χ2n) is 4.06. The molecule has 0 bridgehead atoms. The van der Waals surface area contributed by atoms with Gasteiger partial charge in [-0.3, -0.25) is 0 Å².